The Morgan fingerprint density at radius 2 is 2.38 bits per heavy atom. The average molecular weight is 282 g/mol. The van der Waals surface area contributed by atoms with Gasteiger partial charge >= 0.3 is 0 Å². The van der Waals surface area contributed by atoms with Crippen LogP contribution in [0.2, 0.25) is 0 Å². The number of aromatic nitrogens is 3. The topological polar surface area (TPSA) is 39.4 Å². The van der Waals surface area contributed by atoms with E-state index in [-0.39, 0.29) is 0 Å². The van der Waals surface area contributed by atoms with Gasteiger partial charge < -0.3 is 4.74 Å². The van der Waals surface area contributed by atoms with Gasteiger partial charge in [0.15, 0.2) is 5.65 Å². The highest BCUT2D eigenvalue weighted by Crippen LogP contribution is 2.19. The molecule has 0 N–H and O–H groups in total. The van der Waals surface area contributed by atoms with E-state index in [0.29, 0.717) is 5.92 Å². The Labute approximate surface area is 102 Å². The number of hydrogen-bond acceptors (Lipinski definition) is 3. The fraction of sp³-hybridized carbons (Fsp3) is 0.455. The van der Waals surface area contributed by atoms with Crippen molar-refractivity contribution in [3.05, 3.63) is 28.6 Å². The molecule has 1 atom stereocenters. The molecule has 2 aromatic rings. The highest BCUT2D eigenvalue weighted by atomic mass is 79.9. The molecule has 3 heterocycles. The molecule has 0 bridgehead atoms. The van der Waals surface area contributed by atoms with E-state index >= 15 is 0 Å². The largest absolute Gasteiger partial charge is 0.381 e. The van der Waals surface area contributed by atoms with Crippen molar-refractivity contribution in [1.82, 2.24) is 14.6 Å². The summed E-state index contributed by atoms with van der Waals surface area (Å²) < 4.78 is 8.46. The lowest BCUT2D eigenvalue weighted by Gasteiger charge is -2.05. The van der Waals surface area contributed by atoms with Gasteiger partial charge in [-0.1, -0.05) is 0 Å². The highest BCUT2D eigenvalue weighted by Gasteiger charge is 2.18. The lowest BCUT2D eigenvalue weighted by Crippen LogP contribution is -2.07. The van der Waals surface area contributed by atoms with Crippen molar-refractivity contribution in [2.75, 3.05) is 13.2 Å². The van der Waals surface area contributed by atoms with E-state index in [9.17, 15) is 0 Å². The first kappa shape index (κ1) is 10.2. The molecule has 4 nitrogen and oxygen atoms in total. The first-order valence-corrected chi connectivity index (χ1v) is 6.19. The molecular formula is C11H12BrN3O. The monoisotopic (exact) mass is 281 g/mol. The van der Waals surface area contributed by atoms with Crippen molar-refractivity contribution in [2.24, 2.45) is 5.92 Å². The van der Waals surface area contributed by atoms with E-state index in [4.69, 9.17) is 4.74 Å². The van der Waals surface area contributed by atoms with E-state index in [1.807, 2.05) is 22.7 Å². The summed E-state index contributed by atoms with van der Waals surface area (Å²) in [6, 6.07) is 3.94. The number of fused-ring (bicyclic) bond motifs is 1. The van der Waals surface area contributed by atoms with Crippen LogP contribution in [0.5, 0.6) is 0 Å². The Kier molecular flexibility index (Phi) is 2.65. The van der Waals surface area contributed by atoms with Crippen LogP contribution in [0.3, 0.4) is 0 Å². The first-order chi connectivity index (χ1) is 7.83. The molecule has 5 heteroatoms. The molecule has 1 aliphatic heterocycles. The summed E-state index contributed by atoms with van der Waals surface area (Å²) in [5.74, 6) is 1.61. The van der Waals surface area contributed by atoms with Gasteiger partial charge in [0, 0.05) is 30.3 Å². The average Bonchev–Trinajstić information content (AvgIpc) is 2.90. The van der Waals surface area contributed by atoms with Crippen LogP contribution in [-0.4, -0.2) is 27.8 Å². The van der Waals surface area contributed by atoms with Gasteiger partial charge in [-0.2, -0.15) is 0 Å². The summed E-state index contributed by atoms with van der Waals surface area (Å²) in [5, 5.41) is 8.39. The maximum Gasteiger partial charge on any atom is 0.160 e. The van der Waals surface area contributed by atoms with Crippen LogP contribution < -0.4 is 0 Å². The molecule has 0 amide bonds. The second-order valence-corrected chi connectivity index (χ2v) is 5.04. The van der Waals surface area contributed by atoms with Gasteiger partial charge in [0.25, 0.3) is 0 Å². The highest BCUT2D eigenvalue weighted by molar-refractivity contribution is 9.10. The van der Waals surface area contributed by atoms with Crippen molar-refractivity contribution in [3.63, 3.8) is 0 Å². The third-order valence-corrected chi connectivity index (χ3v) is 3.40. The van der Waals surface area contributed by atoms with Crippen LogP contribution in [0.1, 0.15) is 12.2 Å². The summed E-state index contributed by atoms with van der Waals surface area (Å²) in [4.78, 5) is 0. The summed E-state index contributed by atoms with van der Waals surface area (Å²) in [5.41, 5.74) is 0.900. The second kappa shape index (κ2) is 4.14. The molecule has 16 heavy (non-hydrogen) atoms. The molecule has 1 fully saturated rings. The Balaban J connectivity index is 1.93. The fourth-order valence-corrected chi connectivity index (χ4v) is 2.39. The fourth-order valence-electron chi connectivity index (χ4n) is 2.05. The molecule has 1 unspecified atom stereocenters. The predicted octanol–water partition coefficient (Wildman–Crippen LogP) is 2.07. The Bertz CT molecular complexity index is 505. The Hall–Kier alpha value is -0.940. The van der Waals surface area contributed by atoms with Crippen LogP contribution in [0.25, 0.3) is 5.65 Å². The summed E-state index contributed by atoms with van der Waals surface area (Å²) in [7, 11) is 0. The predicted molar refractivity (Wildman–Crippen MR) is 63.3 cm³/mol. The zero-order valence-corrected chi connectivity index (χ0v) is 10.4. The lowest BCUT2D eigenvalue weighted by molar-refractivity contribution is 0.185. The summed E-state index contributed by atoms with van der Waals surface area (Å²) >= 11 is 3.46. The van der Waals surface area contributed by atoms with Crippen LogP contribution in [-0.2, 0) is 11.2 Å². The van der Waals surface area contributed by atoms with Gasteiger partial charge in [0.1, 0.15) is 5.82 Å². The number of pyridine rings is 1. The normalized spacial score (nSPS) is 20.7. The zero-order valence-electron chi connectivity index (χ0n) is 8.77. The van der Waals surface area contributed by atoms with Crippen molar-refractivity contribution in [3.8, 4) is 0 Å². The molecule has 0 saturated carbocycles. The Morgan fingerprint density at radius 1 is 1.44 bits per heavy atom. The van der Waals surface area contributed by atoms with Gasteiger partial charge in [-0.05, 0) is 40.4 Å². The zero-order chi connectivity index (χ0) is 11.0. The quantitative estimate of drug-likeness (QED) is 0.846. The number of rotatable bonds is 2. The number of nitrogens with zero attached hydrogens (tertiary/aromatic N) is 3. The first-order valence-electron chi connectivity index (χ1n) is 5.40. The number of hydrogen-bond donors (Lipinski definition) is 0. The van der Waals surface area contributed by atoms with Crippen LogP contribution in [0.15, 0.2) is 22.8 Å². The van der Waals surface area contributed by atoms with E-state index < -0.39 is 0 Å². The standard InChI is InChI=1S/C11H12BrN3O/c12-9-1-2-10-13-14-11(15(10)6-9)5-8-3-4-16-7-8/h1-2,6,8H,3-5,7H2. The molecular weight excluding hydrogens is 270 g/mol. The molecule has 0 radical (unpaired) electrons. The van der Waals surface area contributed by atoms with Crippen molar-refractivity contribution in [2.45, 2.75) is 12.8 Å². The lowest BCUT2D eigenvalue weighted by atomic mass is 10.1. The van der Waals surface area contributed by atoms with Crippen LogP contribution >= 0.6 is 15.9 Å². The summed E-state index contributed by atoms with van der Waals surface area (Å²) in [6.07, 6.45) is 4.08. The van der Waals surface area contributed by atoms with E-state index in [0.717, 1.165) is 42.0 Å². The van der Waals surface area contributed by atoms with Crippen molar-refractivity contribution < 1.29 is 4.74 Å². The van der Waals surface area contributed by atoms with Crippen molar-refractivity contribution in [1.29, 1.82) is 0 Å². The van der Waals surface area contributed by atoms with E-state index in [1.165, 1.54) is 0 Å². The van der Waals surface area contributed by atoms with Gasteiger partial charge in [0.2, 0.25) is 0 Å². The molecule has 0 aliphatic carbocycles. The SMILES string of the molecule is Brc1ccc2nnc(CC3CCOC3)n2c1. The minimum Gasteiger partial charge on any atom is -0.381 e. The molecule has 0 spiro atoms. The van der Waals surface area contributed by atoms with Gasteiger partial charge in [0.05, 0.1) is 0 Å². The Morgan fingerprint density at radius 3 is 3.19 bits per heavy atom. The maximum absolute atomic E-state index is 5.37. The van der Waals surface area contributed by atoms with Crippen molar-refractivity contribution >= 4 is 21.6 Å². The number of ether oxygens (including phenoxy) is 1. The van der Waals surface area contributed by atoms with Gasteiger partial charge in [-0.15, -0.1) is 10.2 Å². The van der Waals surface area contributed by atoms with E-state index in [1.54, 1.807) is 0 Å². The summed E-state index contributed by atoms with van der Waals surface area (Å²) in [6.45, 7) is 1.73. The molecule has 1 saturated heterocycles. The minimum atomic E-state index is 0.589. The maximum atomic E-state index is 5.37. The van der Waals surface area contributed by atoms with Gasteiger partial charge in [-0.3, -0.25) is 4.40 Å². The smallest absolute Gasteiger partial charge is 0.160 e. The third-order valence-electron chi connectivity index (χ3n) is 2.93. The molecule has 0 aromatic carbocycles. The minimum absolute atomic E-state index is 0.589. The molecule has 3 rings (SSSR count). The van der Waals surface area contributed by atoms with Crippen LogP contribution in [0.4, 0.5) is 0 Å². The van der Waals surface area contributed by atoms with Gasteiger partial charge in [-0.25, -0.2) is 0 Å². The number of halogens is 1. The molecule has 2 aromatic heterocycles. The van der Waals surface area contributed by atoms with Crippen LogP contribution in [0, 0.1) is 5.92 Å². The third kappa shape index (κ3) is 1.85. The second-order valence-electron chi connectivity index (χ2n) is 4.13. The molecule has 1 aliphatic rings. The molecule has 84 valence electrons. The van der Waals surface area contributed by atoms with E-state index in [2.05, 4.69) is 26.1 Å².